The average molecular weight is 355 g/mol. The van der Waals surface area contributed by atoms with Gasteiger partial charge < -0.3 is 14.5 Å². The van der Waals surface area contributed by atoms with Gasteiger partial charge in [0.15, 0.2) is 0 Å². The number of morpholine rings is 1. The van der Waals surface area contributed by atoms with E-state index in [0.717, 1.165) is 82.2 Å². The lowest BCUT2D eigenvalue weighted by Gasteiger charge is -2.36. The quantitative estimate of drug-likeness (QED) is 0.795. The molecular formula is C18H25N7O. The van der Waals surface area contributed by atoms with E-state index in [4.69, 9.17) is 9.72 Å². The van der Waals surface area contributed by atoms with Crippen LogP contribution in [-0.4, -0.2) is 77.3 Å². The molecule has 8 heteroatoms. The number of piperazine rings is 1. The van der Waals surface area contributed by atoms with E-state index in [1.54, 1.807) is 12.4 Å². The fraction of sp³-hybridized carbons (Fsp3) is 0.556. The van der Waals surface area contributed by atoms with Crippen LogP contribution in [0, 0.1) is 6.92 Å². The summed E-state index contributed by atoms with van der Waals surface area (Å²) in [6.45, 7) is 9.99. The van der Waals surface area contributed by atoms with E-state index in [2.05, 4.69) is 35.7 Å². The topological polar surface area (TPSA) is 70.5 Å². The molecule has 0 saturated carbocycles. The number of aryl methyl sites for hydroxylation is 1. The highest BCUT2D eigenvalue weighted by molar-refractivity contribution is 5.46. The van der Waals surface area contributed by atoms with Crippen LogP contribution in [0.2, 0.25) is 0 Å². The van der Waals surface area contributed by atoms with Gasteiger partial charge in [-0.15, -0.1) is 0 Å². The molecule has 0 unspecified atom stereocenters. The number of hydrogen-bond donors (Lipinski definition) is 0. The fourth-order valence-electron chi connectivity index (χ4n) is 3.38. The summed E-state index contributed by atoms with van der Waals surface area (Å²) in [7, 11) is 0. The summed E-state index contributed by atoms with van der Waals surface area (Å²) in [5.74, 6) is 1.85. The first-order valence-electron chi connectivity index (χ1n) is 9.18. The van der Waals surface area contributed by atoms with Crippen LogP contribution in [0.5, 0.6) is 0 Å². The third-order valence-corrected chi connectivity index (χ3v) is 4.82. The Morgan fingerprint density at radius 1 is 0.962 bits per heavy atom. The highest BCUT2D eigenvalue weighted by Gasteiger charge is 2.21. The van der Waals surface area contributed by atoms with Gasteiger partial charge >= 0.3 is 0 Å². The summed E-state index contributed by atoms with van der Waals surface area (Å²) in [4.78, 5) is 25.0. The summed E-state index contributed by atoms with van der Waals surface area (Å²) in [5, 5.41) is 0. The Labute approximate surface area is 153 Å². The average Bonchev–Trinajstić information content (AvgIpc) is 2.70. The zero-order chi connectivity index (χ0) is 17.8. The second-order valence-corrected chi connectivity index (χ2v) is 6.73. The Kier molecular flexibility index (Phi) is 5.21. The summed E-state index contributed by atoms with van der Waals surface area (Å²) in [5.41, 5.74) is 2.03. The van der Waals surface area contributed by atoms with E-state index in [9.17, 15) is 0 Å². The van der Waals surface area contributed by atoms with Gasteiger partial charge in [0.2, 0.25) is 5.95 Å². The van der Waals surface area contributed by atoms with Crippen molar-refractivity contribution >= 4 is 11.8 Å². The summed E-state index contributed by atoms with van der Waals surface area (Å²) in [6, 6.07) is 2.09. The van der Waals surface area contributed by atoms with Crippen molar-refractivity contribution in [3.8, 4) is 0 Å². The van der Waals surface area contributed by atoms with E-state index in [1.165, 1.54) is 0 Å². The molecule has 26 heavy (non-hydrogen) atoms. The molecule has 2 aromatic heterocycles. The first-order chi connectivity index (χ1) is 12.8. The van der Waals surface area contributed by atoms with Crippen LogP contribution >= 0.6 is 0 Å². The van der Waals surface area contributed by atoms with Gasteiger partial charge in [-0.1, -0.05) is 0 Å². The zero-order valence-corrected chi connectivity index (χ0v) is 15.2. The van der Waals surface area contributed by atoms with Crippen molar-refractivity contribution in [2.45, 2.75) is 13.5 Å². The molecule has 2 fully saturated rings. The van der Waals surface area contributed by atoms with Crippen molar-refractivity contribution in [1.82, 2.24) is 24.8 Å². The molecule has 2 aliphatic heterocycles. The van der Waals surface area contributed by atoms with Gasteiger partial charge in [-0.2, -0.15) is 4.98 Å². The summed E-state index contributed by atoms with van der Waals surface area (Å²) in [6.07, 6.45) is 5.31. The number of hydrogen-bond acceptors (Lipinski definition) is 8. The number of anilines is 2. The minimum Gasteiger partial charge on any atom is -0.378 e. The lowest BCUT2D eigenvalue weighted by molar-refractivity contribution is 0.122. The molecule has 0 spiro atoms. The molecule has 4 rings (SSSR count). The van der Waals surface area contributed by atoms with Crippen molar-refractivity contribution in [2.24, 2.45) is 0 Å². The molecule has 8 nitrogen and oxygen atoms in total. The molecule has 2 aromatic rings. The van der Waals surface area contributed by atoms with Gasteiger partial charge in [0.25, 0.3) is 0 Å². The molecule has 4 heterocycles. The maximum Gasteiger partial charge on any atom is 0.227 e. The van der Waals surface area contributed by atoms with Crippen molar-refractivity contribution in [1.29, 1.82) is 0 Å². The second-order valence-electron chi connectivity index (χ2n) is 6.73. The SMILES string of the molecule is Cc1cc(N2CCN(Cc3cnccn3)CC2)nc(N2CCOCC2)n1. The van der Waals surface area contributed by atoms with Crippen LogP contribution in [-0.2, 0) is 11.3 Å². The molecule has 2 aliphatic rings. The number of rotatable bonds is 4. The van der Waals surface area contributed by atoms with E-state index in [1.807, 2.05) is 13.1 Å². The van der Waals surface area contributed by atoms with Gasteiger partial charge in [0.05, 0.1) is 18.9 Å². The molecule has 0 aliphatic carbocycles. The molecule has 0 amide bonds. The van der Waals surface area contributed by atoms with E-state index < -0.39 is 0 Å². The Bertz CT molecular complexity index is 713. The van der Waals surface area contributed by atoms with Gasteiger partial charge in [0.1, 0.15) is 5.82 Å². The van der Waals surface area contributed by atoms with Crippen molar-refractivity contribution in [2.75, 3.05) is 62.3 Å². The van der Waals surface area contributed by atoms with Gasteiger partial charge in [0, 0.05) is 76.2 Å². The van der Waals surface area contributed by atoms with Gasteiger partial charge in [-0.25, -0.2) is 4.98 Å². The molecule has 2 saturated heterocycles. The van der Waals surface area contributed by atoms with Crippen LogP contribution in [0.15, 0.2) is 24.7 Å². The summed E-state index contributed by atoms with van der Waals surface area (Å²) < 4.78 is 5.44. The van der Waals surface area contributed by atoms with Crippen molar-refractivity contribution < 1.29 is 4.74 Å². The third kappa shape index (κ3) is 4.08. The molecule has 0 radical (unpaired) electrons. The van der Waals surface area contributed by atoms with E-state index in [-0.39, 0.29) is 0 Å². The van der Waals surface area contributed by atoms with E-state index in [0.29, 0.717) is 0 Å². The summed E-state index contributed by atoms with van der Waals surface area (Å²) >= 11 is 0. The van der Waals surface area contributed by atoms with Crippen LogP contribution in [0.1, 0.15) is 11.4 Å². The van der Waals surface area contributed by atoms with Crippen LogP contribution in [0.25, 0.3) is 0 Å². The second kappa shape index (κ2) is 7.92. The predicted molar refractivity (Wildman–Crippen MR) is 99.3 cm³/mol. The lowest BCUT2D eigenvalue weighted by atomic mass is 10.2. The molecular weight excluding hydrogens is 330 g/mol. The molecule has 138 valence electrons. The zero-order valence-electron chi connectivity index (χ0n) is 15.2. The molecule has 0 atom stereocenters. The smallest absolute Gasteiger partial charge is 0.227 e. The third-order valence-electron chi connectivity index (χ3n) is 4.82. The number of ether oxygens (including phenoxy) is 1. The van der Waals surface area contributed by atoms with Crippen molar-refractivity contribution in [3.63, 3.8) is 0 Å². The minimum absolute atomic E-state index is 0.744. The minimum atomic E-state index is 0.744. The van der Waals surface area contributed by atoms with Gasteiger partial charge in [-0.3, -0.25) is 14.9 Å². The Morgan fingerprint density at radius 3 is 2.50 bits per heavy atom. The first-order valence-corrected chi connectivity index (χ1v) is 9.18. The van der Waals surface area contributed by atoms with Crippen LogP contribution in [0.4, 0.5) is 11.8 Å². The maximum atomic E-state index is 5.44. The highest BCUT2D eigenvalue weighted by atomic mass is 16.5. The Hall–Kier alpha value is -2.32. The van der Waals surface area contributed by atoms with Crippen LogP contribution in [0.3, 0.4) is 0 Å². The number of aromatic nitrogens is 4. The fourth-order valence-corrected chi connectivity index (χ4v) is 3.38. The van der Waals surface area contributed by atoms with Gasteiger partial charge in [-0.05, 0) is 6.92 Å². The Morgan fingerprint density at radius 2 is 1.77 bits per heavy atom. The number of nitrogens with zero attached hydrogens (tertiary/aromatic N) is 7. The standard InChI is InChI=1S/C18H25N7O/c1-15-12-17(22-18(21-15)25-8-10-26-11-9-25)24-6-4-23(5-7-24)14-16-13-19-2-3-20-16/h2-3,12-13H,4-11,14H2,1H3. The molecule has 0 aromatic carbocycles. The van der Waals surface area contributed by atoms with Crippen LogP contribution < -0.4 is 9.80 Å². The Balaban J connectivity index is 1.40. The van der Waals surface area contributed by atoms with E-state index >= 15 is 0 Å². The highest BCUT2D eigenvalue weighted by Crippen LogP contribution is 2.20. The lowest BCUT2D eigenvalue weighted by Crippen LogP contribution is -2.46. The normalized spacial score (nSPS) is 19.0. The maximum absolute atomic E-state index is 5.44. The van der Waals surface area contributed by atoms with Crippen molar-refractivity contribution in [3.05, 3.63) is 36.0 Å². The predicted octanol–water partition coefficient (Wildman–Crippen LogP) is 0.734. The largest absolute Gasteiger partial charge is 0.378 e. The monoisotopic (exact) mass is 355 g/mol. The first kappa shape index (κ1) is 17.1. The molecule has 0 bridgehead atoms. The molecule has 0 N–H and O–H groups in total.